The number of aromatic nitrogens is 1. The number of methoxy groups -OCH3 is 2. The lowest BCUT2D eigenvalue weighted by Gasteiger charge is -2.32. The monoisotopic (exact) mass is 396 g/mol. The topological polar surface area (TPSA) is 60.8 Å². The Morgan fingerprint density at radius 3 is 2.25 bits per heavy atom. The summed E-state index contributed by atoms with van der Waals surface area (Å²) in [5, 5.41) is 0. The van der Waals surface area contributed by atoms with Gasteiger partial charge in [0.25, 0.3) is 0 Å². The fourth-order valence-electron chi connectivity index (χ4n) is 3.57. The maximum Gasteiger partial charge on any atom is 0.308 e. The van der Waals surface area contributed by atoms with Crippen molar-refractivity contribution in [2.75, 3.05) is 19.1 Å². The van der Waals surface area contributed by atoms with Crippen LogP contribution >= 0.6 is 11.3 Å². The van der Waals surface area contributed by atoms with Crippen molar-refractivity contribution in [1.82, 2.24) is 4.57 Å². The van der Waals surface area contributed by atoms with Crippen LogP contribution in [0.25, 0.3) is 0 Å². The number of carbonyl (C=O) groups is 1. The van der Waals surface area contributed by atoms with Crippen LogP contribution in [0.3, 0.4) is 0 Å². The van der Waals surface area contributed by atoms with Gasteiger partial charge in [0.15, 0.2) is 0 Å². The summed E-state index contributed by atoms with van der Waals surface area (Å²) in [5.41, 5.74) is 1.64. The van der Waals surface area contributed by atoms with Crippen LogP contribution in [0.15, 0.2) is 53.3 Å². The molecule has 0 saturated carbocycles. The second-order valence-electron chi connectivity index (χ2n) is 6.58. The van der Waals surface area contributed by atoms with E-state index in [1.54, 1.807) is 48.9 Å². The van der Waals surface area contributed by atoms with E-state index in [9.17, 15) is 9.59 Å². The third-order valence-corrected chi connectivity index (χ3v) is 6.10. The number of thiazole rings is 1. The fraction of sp³-hybridized carbons (Fsp3) is 0.238. The molecule has 1 unspecified atom stereocenters. The number of ether oxygens (including phenoxy) is 2. The van der Waals surface area contributed by atoms with E-state index < -0.39 is 0 Å². The molecule has 144 valence electrons. The van der Waals surface area contributed by atoms with Gasteiger partial charge in [-0.05, 0) is 5.56 Å². The van der Waals surface area contributed by atoms with Crippen LogP contribution in [0.2, 0.25) is 0 Å². The summed E-state index contributed by atoms with van der Waals surface area (Å²) in [6.07, 6.45) is 0.288. The number of anilines is 2. The van der Waals surface area contributed by atoms with Crippen molar-refractivity contribution in [3.05, 3.63) is 68.6 Å². The number of hydrogen-bond acceptors (Lipinski definition) is 5. The molecule has 4 rings (SSSR count). The maximum absolute atomic E-state index is 13.2. The average Bonchev–Trinajstić information content (AvgIpc) is 3.02. The zero-order chi connectivity index (χ0) is 19.8. The number of benzene rings is 2. The third kappa shape index (κ3) is 2.97. The highest BCUT2D eigenvalue weighted by atomic mass is 32.1. The number of fused-ring (bicyclic) bond motifs is 1. The summed E-state index contributed by atoms with van der Waals surface area (Å²) < 4.78 is 12.2. The summed E-state index contributed by atoms with van der Waals surface area (Å²) in [7, 11) is 4.82. The van der Waals surface area contributed by atoms with Gasteiger partial charge in [-0.3, -0.25) is 19.1 Å². The van der Waals surface area contributed by atoms with E-state index in [0.717, 1.165) is 10.4 Å². The zero-order valence-electron chi connectivity index (χ0n) is 15.8. The largest absolute Gasteiger partial charge is 0.497 e. The number of carbonyl (C=O) groups excluding carboxylic acids is 1. The molecular weight excluding hydrogens is 376 g/mol. The number of rotatable bonds is 4. The Hall–Kier alpha value is -3.06. The van der Waals surface area contributed by atoms with Gasteiger partial charge in [-0.15, -0.1) is 0 Å². The van der Waals surface area contributed by atoms with Gasteiger partial charge in [-0.1, -0.05) is 41.7 Å². The molecular formula is C21H20N2O4S. The Labute approximate surface area is 166 Å². The highest BCUT2D eigenvalue weighted by Crippen LogP contribution is 2.45. The first kappa shape index (κ1) is 18.3. The summed E-state index contributed by atoms with van der Waals surface area (Å²) in [4.78, 5) is 28.1. The van der Waals surface area contributed by atoms with Crippen molar-refractivity contribution in [3.63, 3.8) is 0 Å². The van der Waals surface area contributed by atoms with Crippen molar-refractivity contribution in [3.8, 4) is 11.5 Å². The molecule has 0 N–H and O–H groups in total. The first-order valence-corrected chi connectivity index (χ1v) is 9.65. The molecule has 6 nitrogen and oxygen atoms in total. The normalized spacial score (nSPS) is 16.0. The lowest BCUT2D eigenvalue weighted by molar-refractivity contribution is -0.118. The van der Waals surface area contributed by atoms with E-state index >= 15 is 0 Å². The molecule has 0 spiro atoms. The predicted molar refractivity (Wildman–Crippen MR) is 109 cm³/mol. The smallest absolute Gasteiger partial charge is 0.308 e. The van der Waals surface area contributed by atoms with E-state index in [-0.39, 0.29) is 23.1 Å². The van der Waals surface area contributed by atoms with Crippen LogP contribution in [0, 0.1) is 0 Å². The Morgan fingerprint density at radius 1 is 1.00 bits per heavy atom. The lowest BCUT2D eigenvalue weighted by atomic mass is 9.90. The first-order chi connectivity index (χ1) is 13.5. The Balaban J connectivity index is 1.91. The van der Waals surface area contributed by atoms with Crippen LogP contribution in [-0.2, 0) is 11.8 Å². The van der Waals surface area contributed by atoms with E-state index in [1.165, 1.54) is 11.3 Å². The average molecular weight is 396 g/mol. The van der Waals surface area contributed by atoms with E-state index in [4.69, 9.17) is 9.47 Å². The zero-order valence-corrected chi connectivity index (χ0v) is 16.7. The standard InChI is InChI=1S/C21H20N2O4S/c1-22-20-19(28-21(22)25)17(13-7-5-4-6-8-13)12-18(24)23(20)14-9-15(26-2)11-16(10-14)27-3/h4-11,17H,12H2,1-3H3. The minimum absolute atomic E-state index is 0.0786. The molecule has 1 aromatic heterocycles. The van der Waals surface area contributed by atoms with Gasteiger partial charge in [0.05, 0.1) is 24.8 Å². The van der Waals surface area contributed by atoms with E-state index in [1.807, 2.05) is 30.3 Å². The molecule has 7 heteroatoms. The van der Waals surface area contributed by atoms with Crippen molar-refractivity contribution in [1.29, 1.82) is 0 Å². The summed E-state index contributed by atoms with van der Waals surface area (Å²) in [5.74, 6) is 1.55. The summed E-state index contributed by atoms with van der Waals surface area (Å²) >= 11 is 1.19. The molecule has 1 aliphatic rings. The van der Waals surface area contributed by atoms with Crippen molar-refractivity contribution >= 4 is 28.7 Å². The van der Waals surface area contributed by atoms with Gasteiger partial charge in [-0.2, -0.15) is 0 Å². The lowest BCUT2D eigenvalue weighted by Crippen LogP contribution is -2.34. The molecule has 2 aromatic carbocycles. The highest BCUT2D eigenvalue weighted by Gasteiger charge is 2.37. The van der Waals surface area contributed by atoms with Gasteiger partial charge in [0.1, 0.15) is 17.3 Å². The van der Waals surface area contributed by atoms with E-state index in [0.29, 0.717) is 23.0 Å². The van der Waals surface area contributed by atoms with Gasteiger partial charge in [-0.25, -0.2) is 0 Å². The van der Waals surface area contributed by atoms with Crippen molar-refractivity contribution in [2.24, 2.45) is 7.05 Å². The van der Waals surface area contributed by atoms with Crippen molar-refractivity contribution in [2.45, 2.75) is 12.3 Å². The molecule has 0 radical (unpaired) electrons. The quantitative estimate of drug-likeness (QED) is 0.675. The molecule has 2 heterocycles. The van der Waals surface area contributed by atoms with Gasteiger partial charge < -0.3 is 9.47 Å². The molecule has 3 aromatic rings. The molecule has 0 saturated heterocycles. The minimum atomic E-state index is -0.133. The Bertz CT molecular complexity index is 1070. The minimum Gasteiger partial charge on any atom is -0.497 e. The van der Waals surface area contributed by atoms with Crippen LogP contribution < -0.4 is 19.2 Å². The maximum atomic E-state index is 13.2. The van der Waals surface area contributed by atoms with Crippen LogP contribution in [0.1, 0.15) is 22.8 Å². The fourth-order valence-corrected chi connectivity index (χ4v) is 4.66. The highest BCUT2D eigenvalue weighted by molar-refractivity contribution is 7.10. The summed E-state index contributed by atoms with van der Waals surface area (Å²) in [6, 6.07) is 15.1. The molecule has 0 aliphatic carbocycles. The molecule has 0 bridgehead atoms. The molecule has 1 amide bonds. The predicted octanol–water partition coefficient (Wildman–Crippen LogP) is 3.66. The molecule has 28 heavy (non-hydrogen) atoms. The Morgan fingerprint density at radius 2 is 1.64 bits per heavy atom. The molecule has 1 atom stereocenters. The van der Waals surface area contributed by atoms with Crippen molar-refractivity contribution < 1.29 is 14.3 Å². The number of amides is 1. The van der Waals surface area contributed by atoms with Crippen LogP contribution in [-0.4, -0.2) is 24.7 Å². The molecule has 0 fully saturated rings. The summed E-state index contributed by atoms with van der Waals surface area (Å²) in [6.45, 7) is 0. The molecule has 1 aliphatic heterocycles. The van der Waals surface area contributed by atoms with E-state index in [2.05, 4.69) is 0 Å². The van der Waals surface area contributed by atoms with Gasteiger partial charge in [0, 0.05) is 37.6 Å². The Kier molecular flexibility index (Phi) is 4.68. The van der Waals surface area contributed by atoms with Crippen LogP contribution in [0.5, 0.6) is 11.5 Å². The third-order valence-electron chi connectivity index (χ3n) is 4.96. The van der Waals surface area contributed by atoms with Gasteiger partial charge >= 0.3 is 4.87 Å². The first-order valence-electron chi connectivity index (χ1n) is 8.84. The SMILES string of the molecule is COc1cc(OC)cc(N2C(=O)CC(c3ccccc3)c3sc(=O)n(C)c32)c1. The van der Waals surface area contributed by atoms with Gasteiger partial charge in [0.2, 0.25) is 5.91 Å². The van der Waals surface area contributed by atoms with Crippen LogP contribution in [0.4, 0.5) is 11.5 Å². The second kappa shape index (κ2) is 7.16. The number of nitrogens with zero attached hydrogens (tertiary/aromatic N) is 2. The second-order valence-corrected chi connectivity index (χ2v) is 7.58. The number of hydrogen-bond donors (Lipinski definition) is 0.